The van der Waals surface area contributed by atoms with Crippen LogP contribution in [0.2, 0.25) is 5.02 Å². The molecule has 1 unspecified atom stereocenters. The molecule has 0 aliphatic carbocycles. The molecular formula is C19H28ClFIN3O. The van der Waals surface area contributed by atoms with Crippen LogP contribution < -0.4 is 5.32 Å². The first-order valence-corrected chi connectivity index (χ1v) is 9.23. The first-order valence-electron chi connectivity index (χ1n) is 8.85. The molecule has 0 amide bonds. The number of likely N-dealkylation sites (tertiary alicyclic amines) is 1. The van der Waals surface area contributed by atoms with Crippen LogP contribution in [0.5, 0.6) is 0 Å². The molecule has 1 N–H and O–H groups in total. The zero-order chi connectivity index (χ0) is 18.1. The van der Waals surface area contributed by atoms with Gasteiger partial charge in [0.05, 0.1) is 6.61 Å². The van der Waals surface area contributed by atoms with Crippen LogP contribution >= 0.6 is 35.6 Å². The molecule has 7 heteroatoms. The molecule has 2 fully saturated rings. The molecule has 2 heterocycles. The molecule has 1 aromatic rings. The molecular weight excluding hydrogens is 468 g/mol. The molecule has 1 atom stereocenters. The van der Waals surface area contributed by atoms with E-state index in [-0.39, 0.29) is 35.2 Å². The second-order valence-corrected chi connectivity index (χ2v) is 8.26. The quantitative estimate of drug-likeness (QED) is 0.390. The van der Waals surface area contributed by atoms with E-state index in [0.717, 1.165) is 45.1 Å². The lowest BCUT2D eigenvalue weighted by Crippen LogP contribution is -2.46. The third-order valence-corrected chi connectivity index (χ3v) is 5.78. The third-order valence-electron chi connectivity index (χ3n) is 5.46. The van der Waals surface area contributed by atoms with Gasteiger partial charge < -0.3 is 15.0 Å². The number of guanidine groups is 1. The summed E-state index contributed by atoms with van der Waals surface area (Å²) in [4.78, 5) is 6.72. The van der Waals surface area contributed by atoms with E-state index in [0.29, 0.717) is 17.1 Å². The van der Waals surface area contributed by atoms with Gasteiger partial charge in [0.15, 0.2) is 5.96 Å². The third kappa shape index (κ3) is 4.44. The molecule has 0 radical (unpaired) electrons. The smallest absolute Gasteiger partial charge is 0.193 e. The van der Waals surface area contributed by atoms with Crippen molar-refractivity contribution >= 4 is 41.5 Å². The molecule has 1 spiro atoms. The van der Waals surface area contributed by atoms with Crippen molar-refractivity contribution in [3.8, 4) is 0 Å². The maximum Gasteiger partial charge on any atom is 0.193 e. The monoisotopic (exact) mass is 495 g/mol. The van der Waals surface area contributed by atoms with Gasteiger partial charge in [-0.2, -0.15) is 0 Å². The van der Waals surface area contributed by atoms with Gasteiger partial charge in [-0.15, -0.1) is 24.0 Å². The lowest BCUT2D eigenvalue weighted by Gasteiger charge is -2.30. The number of hydrogen-bond donors (Lipinski definition) is 1. The van der Waals surface area contributed by atoms with Crippen LogP contribution in [0.15, 0.2) is 23.2 Å². The fourth-order valence-corrected chi connectivity index (χ4v) is 4.37. The van der Waals surface area contributed by atoms with Crippen LogP contribution in [-0.4, -0.2) is 50.8 Å². The molecule has 2 aliphatic rings. The van der Waals surface area contributed by atoms with Crippen LogP contribution in [0, 0.1) is 11.2 Å². The van der Waals surface area contributed by atoms with Crippen molar-refractivity contribution in [1.29, 1.82) is 0 Å². The highest BCUT2D eigenvalue weighted by Gasteiger charge is 2.42. The molecule has 3 rings (SSSR count). The molecule has 146 valence electrons. The Hall–Kier alpha value is -0.600. The predicted octanol–water partition coefficient (Wildman–Crippen LogP) is 4.06. The fourth-order valence-electron chi connectivity index (χ4n) is 3.95. The normalized spacial score (nSPS) is 23.4. The second-order valence-electron chi connectivity index (χ2n) is 7.86. The van der Waals surface area contributed by atoms with E-state index in [1.807, 2.05) is 13.8 Å². The molecule has 1 aromatic carbocycles. The maximum atomic E-state index is 14.3. The molecule has 0 aromatic heterocycles. The average molecular weight is 496 g/mol. The van der Waals surface area contributed by atoms with Gasteiger partial charge in [-0.05, 0) is 25.0 Å². The van der Waals surface area contributed by atoms with Gasteiger partial charge in [0.25, 0.3) is 0 Å². The molecule has 4 nitrogen and oxygen atoms in total. The molecule has 2 saturated heterocycles. The van der Waals surface area contributed by atoms with Gasteiger partial charge in [-0.1, -0.05) is 31.5 Å². The van der Waals surface area contributed by atoms with Gasteiger partial charge in [-0.3, -0.25) is 4.99 Å². The summed E-state index contributed by atoms with van der Waals surface area (Å²) < 4.78 is 19.9. The zero-order valence-electron chi connectivity index (χ0n) is 15.6. The summed E-state index contributed by atoms with van der Waals surface area (Å²) in [5, 5.41) is 3.88. The average Bonchev–Trinajstić information content (AvgIpc) is 3.18. The Kier molecular flexibility index (Phi) is 7.18. The summed E-state index contributed by atoms with van der Waals surface area (Å²) in [5.74, 6) is 0.599. The number of benzene rings is 1. The molecule has 0 saturated carbocycles. The van der Waals surface area contributed by atoms with Crippen LogP contribution in [0.3, 0.4) is 0 Å². The zero-order valence-corrected chi connectivity index (χ0v) is 18.7. The van der Waals surface area contributed by atoms with E-state index in [1.165, 1.54) is 6.07 Å². The highest BCUT2D eigenvalue weighted by atomic mass is 127. The van der Waals surface area contributed by atoms with Crippen LogP contribution in [-0.2, 0) is 10.2 Å². The SMILES string of the molecule is CN=C(NCC(C)(C)c1c(F)cccc1Cl)N1CCC2(CCOC2)C1.I. The van der Waals surface area contributed by atoms with Gasteiger partial charge in [0.1, 0.15) is 5.82 Å². The Labute approximate surface area is 177 Å². The minimum Gasteiger partial charge on any atom is -0.381 e. The van der Waals surface area contributed by atoms with Gasteiger partial charge in [0, 0.05) is 54.7 Å². The van der Waals surface area contributed by atoms with Crippen molar-refractivity contribution in [2.75, 3.05) is 39.9 Å². The number of ether oxygens (including phenoxy) is 1. The maximum absolute atomic E-state index is 14.3. The minimum atomic E-state index is -0.452. The largest absolute Gasteiger partial charge is 0.381 e. The first kappa shape index (κ1) is 21.7. The summed E-state index contributed by atoms with van der Waals surface area (Å²) in [6.07, 6.45) is 2.26. The number of aliphatic imine (C=N–C) groups is 1. The Morgan fingerprint density at radius 3 is 2.81 bits per heavy atom. The Morgan fingerprint density at radius 2 is 2.19 bits per heavy atom. The highest BCUT2D eigenvalue weighted by molar-refractivity contribution is 14.0. The number of rotatable bonds is 3. The predicted molar refractivity (Wildman–Crippen MR) is 115 cm³/mol. The summed E-state index contributed by atoms with van der Waals surface area (Å²) in [5.41, 5.74) is 0.371. The van der Waals surface area contributed by atoms with Crippen molar-refractivity contribution < 1.29 is 9.13 Å². The Bertz CT molecular complexity index is 642. The summed E-state index contributed by atoms with van der Waals surface area (Å²) in [6.45, 7) is 8.19. The second kappa shape index (κ2) is 8.61. The summed E-state index contributed by atoms with van der Waals surface area (Å²) in [6, 6.07) is 4.83. The van der Waals surface area contributed by atoms with Crippen LogP contribution in [0.4, 0.5) is 4.39 Å². The molecule has 2 aliphatic heterocycles. The standard InChI is InChI=1S/C19H27ClFN3O.HI/c1-18(2,16-14(20)5-4-6-15(16)21)11-23-17(22-3)24-9-7-19(12-24)8-10-25-13-19;/h4-6H,7-13H2,1-3H3,(H,22,23);1H. The fraction of sp³-hybridized carbons (Fsp3) is 0.632. The van der Waals surface area contributed by atoms with Crippen molar-refractivity contribution in [1.82, 2.24) is 10.2 Å². The summed E-state index contributed by atoms with van der Waals surface area (Å²) >= 11 is 6.25. The van der Waals surface area contributed by atoms with Gasteiger partial charge in [0.2, 0.25) is 0 Å². The number of nitrogens with one attached hydrogen (secondary N) is 1. The Morgan fingerprint density at radius 1 is 1.42 bits per heavy atom. The number of nitrogens with zero attached hydrogens (tertiary/aromatic N) is 2. The molecule has 0 bridgehead atoms. The van der Waals surface area contributed by atoms with E-state index >= 15 is 0 Å². The Balaban J connectivity index is 0.00000243. The van der Waals surface area contributed by atoms with Crippen LogP contribution in [0.1, 0.15) is 32.3 Å². The van der Waals surface area contributed by atoms with Crippen molar-refractivity contribution in [2.45, 2.75) is 32.1 Å². The van der Waals surface area contributed by atoms with Gasteiger partial charge >= 0.3 is 0 Å². The number of hydrogen-bond acceptors (Lipinski definition) is 2. The lowest BCUT2D eigenvalue weighted by molar-refractivity contribution is 0.156. The lowest BCUT2D eigenvalue weighted by atomic mass is 9.84. The van der Waals surface area contributed by atoms with Crippen molar-refractivity contribution in [2.24, 2.45) is 10.4 Å². The minimum absolute atomic E-state index is 0. The van der Waals surface area contributed by atoms with Crippen LogP contribution in [0.25, 0.3) is 0 Å². The van der Waals surface area contributed by atoms with E-state index in [1.54, 1.807) is 19.2 Å². The molecule has 26 heavy (non-hydrogen) atoms. The van der Waals surface area contributed by atoms with E-state index in [2.05, 4.69) is 15.2 Å². The highest BCUT2D eigenvalue weighted by Crippen LogP contribution is 2.38. The first-order chi connectivity index (χ1) is 11.9. The van der Waals surface area contributed by atoms with E-state index in [4.69, 9.17) is 16.3 Å². The van der Waals surface area contributed by atoms with Crippen molar-refractivity contribution in [3.05, 3.63) is 34.6 Å². The van der Waals surface area contributed by atoms with E-state index < -0.39 is 5.41 Å². The topological polar surface area (TPSA) is 36.9 Å². The summed E-state index contributed by atoms with van der Waals surface area (Å²) in [7, 11) is 1.79. The van der Waals surface area contributed by atoms with E-state index in [9.17, 15) is 4.39 Å². The van der Waals surface area contributed by atoms with Gasteiger partial charge in [-0.25, -0.2) is 4.39 Å². The van der Waals surface area contributed by atoms with Crippen molar-refractivity contribution in [3.63, 3.8) is 0 Å². The number of halogens is 3.